The molecule has 0 nitrogen and oxygen atoms in total. The summed E-state index contributed by atoms with van der Waals surface area (Å²) in [5.41, 5.74) is 0. The van der Waals surface area contributed by atoms with Crippen LogP contribution in [0, 0.1) is 23.7 Å². The van der Waals surface area contributed by atoms with E-state index in [9.17, 15) is 0 Å². The van der Waals surface area contributed by atoms with Crippen molar-refractivity contribution in [1.29, 1.82) is 0 Å². The molecule has 0 heterocycles. The first-order chi connectivity index (χ1) is 8.01. The van der Waals surface area contributed by atoms with Gasteiger partial charge in [-0.1, -0.05) is 45.9 Å². The fraction of sp³-hybridized carbons (Fsp3) is 0.765. The molecule has 0 aliphatic rings. The third kappa shape index (κ3) is 8.24. The highest BCUT2D eigenvalue weighted by Crippen LogP contribution is 2.25. The van der Waals surface area contributed by atoms with Gasteiger partial charge in [-0.15, -0.1) is 6.58 Å². The van der Waals surface area contributed by atoms with E-state index in [0.717, 1.165) is 17.8 Å². The lowest BCUT2D eigenvalue weighted by atomic mass is 9.84. The van der Waals surface area contributed by atoms with Crippen LogP contribution in [0.1, 0.15) is 60.3 Å². The molecule has 0 saturated heterocycles. The van der Waals surface area contributed by atoms with Crippen LogP contribution < -0.4 is 0 Å². The summed E-state index contributed by atoms with van der Waals surface area (Å²) in [6, 6.07) is 0. The number of allylic oxidation sites excluding steroid dienone is 3. The largest absolute Gasteiger partial charge is 0.103 e. The maximum atomic E-state index is 3.86. The Kier molecular flexibility index (Phi) is 9.21. The topological polar surface area (TPSA) is 0 Å². The lowest BCUT2D eigenvalue weighted by Crippen LogP contribution is -2.10. The first-order valence-corrected chi connectivity index (χ1v) is 7.26. The first kappa shape index (κ1) is 16.5. The second kappa shape index (κ2) is 9.50. The molecular weight excluding hydrogens is 204 g/mol. The van der Waals surface area contributed by atoms with E-state index in [-0.39, 0.29) is 0 Å². The van der Waals surface area contributed by atoms with E-state index in [4.69, 9.17) is 0 Å². The molecule has 17 heavy (non-hydrogen) atoms. The number of hydrogen-bond donors (Lipinski definition) is 0. The van der Waals surface area contributed by atoms with E-state index in [1.807, 2.05) is 0 Å². The lowest BCUT2D eigenvalue weighted by Gasteiger charge is -2.21. The summed E-state index contributed by atoms with van der Waals surface area (Å²) in [6.07, 6.45) is 11.9. The van der Waals surface area contributed by atoms with Gasteiger partial charge in [0.2, 0.25) is 0 Å². The van der Waals surface area contributed by atoms with Gasteiger partial charge >= 0.3 is 0 Å². The van der Waals surface area contributed by atoms with Gasteiger partial charge in [0, 0.05) is 0 Å². The Labute approximate surface area is 109 Å². The van der Waals surface area contributed by atoms with E-state index in [0.29, 0.717) is 5.92 Å². The predicted octanol–water partition coefficient (Wildman–Crippen LogP) is 5.85. The third-order valence-corrected chi connectivity index (χ3v) is 4.05. The van der Waals surface area contributed by atoms with Crippen molar-refractivity contribution >= 4 is 0 Å². The van der Waals surface area contributed by atoms with Crippen molar-refractivity contribution in [2.24, 2.45) is 23.7 Å². The van der Waals surface area contributed by atoms with Crippen LogP contribution in [0.2, 0.25) is 0 Å². The molecule has 0 bridgehead atoms. The van der Waals surface area contributed by atoms with Crippen molar-refractivity contribution in [1.82, 2.24) is 0 Å². The summed E-state index contributed by atoms with van der Waals surface area (Å²) < 4.78 is 0. The van der Waals surface area contributed by atoms with Gasteiger partial charge in [0.05, 0.1) is 0 Å². The molecule has 0 rings (SSSR count). The van der Waals surface area contributed by atoms with Crippen molar-refractivity contribution in [3.8, 4) is 0 Å². The highest BCUT2D eigenvalue weighted by Gasteiger charge is 2.13. The number of hydrogen-bond acceptors (Lipinski definition) is 0. The molecule has 4 atom stereocenters. The average molecular weight is 236 g/mol. The Morgan fingerprint density at radius 1 is 0.824 bits per heavy atom. The van der Waals surface area contributed by atoms with E-state index in [1.54, 1.807) is 0 Å². The summed E-state index contributed by atoms with van der Waals surface area (Å²) in [4.78, 5) is 0. The summed E-state index contributed by atoms with van der Waals surface area (Å²) in [5.74, 6) is 3.10. The highest BCUT2D eigenvalue weighted by atomic mass is 14.2. The van der Waals surface area contributed by atoms with Gasteiger partial charge in [-0.3, -0.25) is 0 Å². The Morgan fingerprint density at radius 3 is 1.71 bits per heavy atom. The molecule has 4 unspecified atom stereocenters. The monoisotopic (exact) mass is 236 g/mol. The zero-order valence-corrected chi connectivity index (χ0v) is 12.6. The summed E-state index contributed by atoms with van der Waals surface area (Å²) >= 11 is 0. The maximum Gasteiger partial charge on any atom is -0.0262 e. The molecule has 0 saturated carbocycles. The normalized spacial score (nSPS) is 18.9. The molecular formula is C17H32. The molecule has 0 aliphatic carbocycles. The van der Waals surface area contributed by atoms with Gasteiger partial charge in [-0.05, 0) is 56.3 Å². The van der Waals surface area contributed by atoms with Crippen molar-refractivity contribution < 1.29 is 0 Å². The van der Waals surface area contributed by atoms with Crippen LogP contribution in [0.25, 0.3) is 0 Å². The van der Waals surface area contributed by atoms with Crippen LogP contribution in [0.3, 0.4) is 0 Å². The molecule has 0 N–H and O–H groups in total. The minimum Gasteiger partial charge on any atom is -0.103 e. The van der Waals surface area contributed by atoms with Crippen LogP contribution in [-0.4, -0.2) is 0 Å². The van der Waals surface area contributed by atoms with Crippen LogP contribution >= 0.6 is 0 Å². The predicted molar refractivity (Wildman–Crippen MR) is 80.1 cm³/mol. The lowest BCUT2D eigenvalue weighted by molar-refractivity contribution is 0.312. The molecule has 0 aromatic carbocycles. The van der Waals surface area contributed by atoms with Gasteiger partial charge < -0.3 is 0 Å². The Bertz CT molecular complexity index is 214. The van der Waals surface area contributed by atoms with Crippen LogP contribution in [0.4, 0.5) is 0 Å². The molecule has 0 aromatic heterocycles. The summed E-state index contributed by atoms with van der Waals surface area (Å²) in [7, 11) is 0. The quantitative estimate of drug-likeness (QED) is 0.440. The molecule has 100 valence electrons. The molecule has 0 amide bonds. The van der Waals surface area contributed by atoms with Gasteiger partial charge in [-0.2, -0.15) is 0 Å². The highest BCUT2D eigenvalue weighted by molar-refractivity contribution is 4.83. The SMILES string of the molecule is C=CC(C)CCC(C)C(C)CCC(C)/C=C/C. The molecule has 0 heteroatoms. The molecule has 0 fully saturated rings. The first-order valence-electron chi connectivity index (χ1n) is 7.26. The zero-order valence-electron chi connectivity index (χ0n) is 12.6. The van der Waals surface area contributed by atoms with Crippen molar-refractivity contribution in [2.75, 3.05) is 0 Å². The average Bonchev–Trinajstić information content (AvgIpc) is 2.32. The number of rotatable bonds is 9. The molecule has 0 spiro atoms. The van der Waals surface area contributed by atoms with E-state index in [1.165, 1.54) is 25.7 Å². The second-order valence-corrected chi connectivity index (χ2v) is 5.83. The second-order valence-electron chi connectivity index (χ2n) is 5.83. The van der Waals surface area contributed by atoms with Crippen LogP contribution in [0.5, 0.6) is 0 Å². The van der Waals surface area contributed by atoms with Crippen molar-refractivity contribution in [3.05, 3.63) is 24.8 Å². The van der Waals surface area contributed by atoms with Gasteiger partial charge in [-0.25, -0.2) is 0 Å². The fourth-order valence-corrected chi connectivity index (χ4v) is 2.16. The minimum absolute atomic E-state index is 0.673. The Balaban J connectivity index is 3.80. The Morgan fingerprint density at radius 2 is 1.29 bits per heavy atom. The van der Waals surface area contributed by atoms with E-state index >= 15 is 0 Å². The minimum atomic E-state index is 0.673. The van der Waals surface area contributed by atoms with Crippen LogP contribution in [-0.2, 0) is 0 Å². The molecule has 0 radical (unpaired) electrons. The third-order valence-electron chi connectivity index (χ3n) is 4.05. The Hall–Kier alpha value is -0.520. The standard InChI is InChI=1S/C17H32/c1-7-9-15(4)11-13-17(6)16(5)12-10-14(3)8-2/h7-9,14-17H,2,10-13H2,1,3-6H3/b9-7+. The smallest absolute Gasteiger partial charge is 0.0262 e. The maximum absolute atomic E-state index is 3.86. The molecule has 0 aromatic rings. The van der Waals surface area contributed by atoms with Gasteiger partial charge in [0.1, 0.15) is 0 Å². The van der Waals surface area contributed by atoms with Gasteiger partial charge in [0.25, 0.3) is 0 Å². The van der Waals surface area contributed by atoms with Gasteiger partial charge in [0.15, 0.2) is 0 Å². The van der Waals surface area contributed by atoms with Crippen LogP contribution in [0.15, 0.2) is 24.8 Å². The molecule has 0 aliphatic heterocycles. The fourth-order valence-electron chi connectivity index (χ4n) is 2.16. The summed E-state index contributed by atoms with van der Waals surface area (Å²) in [5, 5.41) is 0. The van der Waals surface area contributed by atoms with Crippen molar-refractivity contribution in [2.45, 2.75) is 60.3 Å². The zero-order chi connectivity index (χ0) is 13.3. The van der Waals surface area contributed by atoms with Crippen molar-refractivity contribution in [3.63, 3.8) is 0 Å². The van der Waals surface area contributed by atoms with E-state index in [2.05, 4.69) is 59.4 Å². The van der Waals surface area contributed by atoms with E-state index < -0.39 is 0 Å². The summed E-state index contributed by atoms with van der Waals surface area (Å²) in [6.45, 7) is 15.4.